The lowest BCUT2D eigenvalue weighted by Crippen LogP contribution is -2.39. The first kappa shape index (κ1) is 15.2. The highest BCUT2D eigenvalue weighted by Crippen LogP contribution is 2.16. The van der Waals surface area contributed by atoms with Crippen LogP contribution in [0.5, 0.6) is 0 Å². The molecule has 1 unspecified atom stereocenters. The van der Waals surface area contributed by atoms with Gasteiger partial charge in [0, 0.05) is 6.54 Å². The molecule has 1 rings (SSSR count). The molecule has 1 amide bonds. The monoisotopic (exact) mass is 259 g/mol. The summed E-state index contributed by atoms with van der Waals surface area (Å²) in [4.78, 5) is 13.7. The Morgan fingerprint density at radius 3 is 2.63 bits per heavy atom. The minimum Gasteiger partial charge on any atom is -0.353 e. The number of carbonyl (C=O) groups is 1. The van der Waals surface area contributed by atoms with Gasteiger partial charge < -0.3 is 10.2 Å². The van der Waals surface area contributed by atoms with Gasteiger partial charge in [0.25, 0.3) is 0 Å². The van der Waals surface area contributed by atoms with E-state index in [9.17, 15) is 4.79 Å². The van der Waals surface area contributed by atoms with Crippen LogP contribution in [0.1, 0.15) is 11.6 Å². The summed E-state index contributed by atoms with van der Waals surface area (Å²) in [6.45, 7) is 1.23. The van der Waals surface area contributed by atoms with Crippen LogP contribution in [0.4, 0.5) is 0 Å². The second-order valence-corrected chi connectivity index (χ2v) is 4.50. The molecule has 0 saturated heterocycles. The van der Waals surface area contributed by atoms with Gasteiger partial charge in [-0.2, -0.15) is 0 Å². The second kappa shape index (κ2) is 8.30. The van der Waals surface area contributed by atoms with Crippen molar-refractivity contribution in [1.29, 1.82) is 0 Å². The Hall–Kier alpha value is -1.83. The van der Waals surface area contributed by atoms with Gasteiger partial charge in [0.05, 0.1) is 19.1 Å². The fourth-order valence-corrected chi connectivity index (χ4v) is 1.79. The molecule has 1 atom stereocenters. The quantitative estimate of drug-likeness (QED) is 0.557. The van der Waals surface area contributed by atoms with E-state index in [2.05, 4.69) is 33.6 Å². The van der Waals surface area contributed by atoms with Gasteiger partial charge in [-0.1, -0.05) is 36.3 Å². The maximum atomic E-state index is 11.6. The fourth-order valence-electron chi connectivity index (χ4n) is 1.79. The third-order valence-electron chi connectivity index (χ3n) is 2.81. The first-order chi connectivity index (χ1) is 9.15. The summed E-state index contributed by atoms with van der Waals surface area (Å²) >= 11 is 0. The van der Waals surface area contributed by atoms with Gasteiger partial charge in [-0.05, 0) is 19.7 Å². The highest BCUT2D eigenvalue weighted by atomic mass is 16.1. The normalized spacial score (nSPS) is 11.9. The van der Waals surface area contributed by atoms with E-state index in [0.717, 1.165) is 0 Å². The Kier molecular flexibility index (Phi) is 6.65. The van der Waals surface area contributed by atoms with E-state index in [1.54, 1.807) is 0 Å². The third-order valence-corrected chi connectivity index (χ3v) is 2.81. The van der Waals surface area contributed by atoms with Crippen molar-refractivity contribution < 1.29 is 4.79 Å². The molecule has 1 aromatic carbocycles. The van der Waals surface area contributed by atoms with Crippen molar-refractivity contribution >= 4 is 5.91 Å². The van der Waals surface area contributed by atoms with Crippen molar-refractivity contribution in [3.8, 4) is 12.3 Å². The van der Waals surface area contributed by atoms with Gasteiger partial charge in [0.1, 0.15) is 0 Å². The highest BCUT2D eigenvalue weighted by molar-refractivity contribution is 5.78. The number of benzene rings is 1. The molecule has 0 radical (unpaired) electrons. The summed E-state index contributed by atoms with van der Waals surface area (Å²) in [6, 6.07) is 10.3. The third kappa shape index (κ3) is 5.56. The van der Waals surface area contributed by atoms with Crippen LogP contribution in [0.2, 0.25) is 0 Å². The topological polar surface area (TPSA) is 44.4 Å². The van der Waals surface area contributed by atoms with Gasteiger partial charge in [-0.15, -0.1) is 6.42 Å². The van der Waals surface area contributed by atoms with Gasteiger partial charge in [-0.3, -0.25) is 10.1 Å². The Bertz CT molecular complexity index is 423. The SMILES string of the molecule is C#CCNCC(=O)NCC(c1ccccc1)N(C)C. The molecule has 0 heterocycles. The summed E-state index contributed by atoms with van der Waals surface area (Å²) in [6.07, 6.45) is 5.10. The maximum absolute atomic E-state index is 11.6. The van der Waals surface area contributed by atoms with Gasteiger partial charge >= 0.3 is 0 Å². The van der Waals surface area contributed by atoms with E-state index in [0.29, 0.717) is 13.1 Å². The molecule has 102 valence electrons. The lowest BCUT2D eigenvalue weighted by atomic mass is 10.1. The lowest BCUT2D eigenvalue weighted by Gasteiger charge is -2.25. The van der Waals surface area contributed by atoms with Crippen LogP contribution in [-0.2, 0) is 4.79 Å². The molecule has 4 heteroatoms. The molecule has 0 aliphatic heterocycles. The Morgan fingerprint density at radius 1 is 1.37 bits per heavy atom. The van der Waals surface area contributed by atoms with Crippen molar-refractivity contribution in [2.24, 2.45) is 0 Å². The van der Waals surface area contributed by atoms with Crippen molar-refractivity contribution in [1.82, 2.24) is 15.5 Å². The highest BCUT2D eigenvalue weighted by Gasteiger charge is 2.14. The minimum atomic E-state index is -0.0435. The zero-order chi connectivity index (χ0) is 14.1. The largest absolute Gasteiger partial charge is 0.353 e. The van der Waals surface area contributed by atoms with Crippen LogP contribution >= 0.6 is 0 Å². The molecule has 0 saturated carbocycles. The van der Waals surface area contributed by atoms with Crippen LogP contribution in [0.15, 0.2) is 30.3 Å². The molecule has 0 fully saturated rings. The summed E-state index contributed by atoms with van der Waals surface area (Å²) < 4.78 is 0. The number of nitrogens with one attached hydrogen (secondary N) is 2. The zero-order valence-corrected chi connectivity index (χ0v) is 11.5. The molecule has 0 spiro atoms. The van der Waals surface area contributed by atoms with E-state index in [4.69, 9.17) is 6.42 Å². The molecule has 0 bridgehead atoms. The van der Waals surface area contributed by atoms with Crippen molar-refractivity contribution in [3.63, 3.8) is 0 Å². The van der Waals surface area contributed by atoms with Crippen LogP contribution in [-0.4, -0.2) is 44.5 Å². The number of nitrogens with zero attached hydrogens (tertiary/aromatic N) is 1. The lowest BCUT2D eigenvalue weighted by molar-refractivity contribution is -0.120. The van der Waals surface area contributed by atoms with Gasteiger partial charge in [-0.25, -0.2) is 0 Å². The van der Waals surface area contributed by atoms with Crippen LogP contribution in [0.25, 0.3) is 0 Å². The number of hydrogen-bond donors (Lipinski definition) is 2. The first-order valence-electron chi connectivity index (χ1n) is 6.27. The summed E-state index contributed by atoms with van der Waals surface area (Å²) in [5, 5.41) is 5.78. The van der Waals surface area contributed by atoms with Crippen molar-refractivity contribution in [2.45, 2.75) is 6.04 Å². The van der Waals surface area contributed by atoms with Crippen LogP contribution < -0.4 is 10.6 Å². The predicted octanol–water partition coefficient (Wildman–Crippen LogP) is 0.628. The number of terminal acetylenes is 1. The number of likely N-dealkylation sites (N-methyl/N-ethyl adjacent to an activating group) is 1. The molecule has 0 aliphatic rings. The van der Waals surface area contributed by atoms with E-state index >= 15 is 0 Å². The number of hydrogen-bond acceptors (Lipinski definition) is 3. The molecule has 2 N–H and O–H groups in total. The van der Waals surface area contributed by atoms with Gasteiger partial charge in [0.2, 0.25) is 5.91 Å². The van der Waals surface area contributed by atoms with Crippen molar-refractivity contribution in [2.75, 3.05) is 33.7 Å². The summed E-state index contributed by atoms with van der Waals surface area (Å²) in [5.74, 6) is 2.39. The molecule has 19 heavy (non-hydrogen) atoms. The average molecular weight is 259 g/mol. The van der Waals surface area contributed by atoms with Gasteiger partial charge in [0.15, 0.2) is 0 Å². The molecule has 4 nitrogen and oxygen atoms in total. The van der Waals surface area contributed by atoms with E-state index < -0.39 is 0 Å². The average Bonchev–Trinajstić information content (AvgIpc) is 2.40. The minimum absolute atomic E-state index is 0.0435. The Balaban J connectivity index is 2.48. The van der Waals surface area contributed by atoms with E-state index in [1.165, 1.54) is 5.56 Å². The van der Waals surface area contributed by atoms with Crippen molar-refractivity contribution in [3.05, 3.63) is 35.9 Å². The molecular weight excluding hydrogens is 238 g/mol. The number of carbonyl (C=O) groups excluding carboxylic acids is 1. The molecule has 0 aromatic heterocycles. The number of rotatable bonds is 7. The summed E-state index contributed by atoms with van der Waals surface area (Å²) in [7, 11) is 4.00. The maximum Gasteiger partial charge on any atom is 0.234 e. The zero-order valence-electron chi connectivity index (χ0n) is 11.5. The van der Waals surface area contributed by atoms with E-state index in [-0.39, 0.29) is 18.5 Å². The van der Waals surface area contributed by atoms with Crippen LogP contribution in [0, 0.1) is 12.3 Å². The number of amides is 1. The Labute approximate surface area is 115 Å². The molecular formula is C15H21N3O. The Morgan fingerprint density at radius 2 is 2.05 bits per heavy atom. The first-order valence-corrected chi connectivity index (χ1v) is 6.27. The predicted molar refractivity (Wildman–Crippen MR) is 77.6 cm³/mol. The smallest absolute Gasteiger partial charge is 0.234 e. The fraction of sp³-hybridized carbons (Fsp3) is 0.400. The van der Waals surface area contributed by atoms with E-state index in [1.807, 2.05) is 32.3 Å². The molecule has 0 aliphatic carbocycles. The molecule has 1 aromatic rings. The standard InChI is InChI=1S/C15H21N3O/c1-4-10-16-12-15(19)17-11-14(18(2)3)13-8-6-5-7-9-13/h1,5-9,14,16H,10-12H2,2-3H3,(H,17,19). The summed E-state index contributed by atoms with van der Waals surface area (Å²) in [5.41, 5.74) is 1.18. The van der Waals surface area contributed by atoms with Crippen LogP contribution in [0.3, 0.4) is 0 Å². The second-order valence-electron chi connectivity index (χ2n) is 4.50.